The predicted molar refractivity (Wildman–Crippen MR) is 80.0 cm³/mol. The number of nitrogens with zero attached hydrogens (tertiary/aromatic N) is 3. The van der Waals surface area contributed by atoms with Crippen molar-refractivity contribution in [1.82, 2.24) is 9.97 Å². The second-order valence-electron chi connectivity index (χ2n) is 5.42. The van der Waals surface area contributed by atoms with E-state index in [9.17, 15) is 27.7 Å². The monoisotopic (exact) mass is 357 g/mol. The molecule has 0 bridgehead atoms. The van der Waals surface area contributed by atoms with Gasteiger partial charge in [0, 0.05) is 12.1 Å². The van der Waals surface area contributed by atoms with E-state index in [0.29, 0.717) is 12.1 Å². The maximum atomic E-state index is 13.2. The first kappa shape index (κ1) is 16.9. The van der Waals surface area contributed by atoms with Crippen LogP contribution in [0.5, 0.6) is 0 Å². The maximum absolute atomic E-state index is 13.2. The molecule has 0 radical (unpaired) electrons. The van der Waals surface area contributed by atoms with Crippen molar-refractivity contribution in [3.05, 3.63) is 45.9 Å². The Balaban J connectivity index is 1.97. The number of aromatic nitrogens is 2. The molecule has 1 fully saturated rings. The lowest BCUT2D eigenvalue weighted by molar-refractivity contribution is -0.384. The molecule has 11 heteroatoms. The van der Waals surface area contributed by atoms with Gasteiger partial charge in [0.15, 0.2) is 5.69 Å². The van der Waals surface area contributed by atoms with E-state index in [1.165, 1.54) is 0 Å². The van der Waals surface area contributed by atoms with Crippen molar-refractivity contribution in [2.24, 2.45) is 0 Å². The lowest BCUT2D eigenvalue weighted by atomic mass is 10.2. The highest BCUT2D eigenvalue weighted by Crippen LogP contribution is 2.33. The average Bonchev–Trinajstić information content (AvgIpc) is 3.31. The van der Waals surface area contributed by atoms with E-state index in [4.69, 9.17) is 0 Å². The Bertz CT molecular complexity index is 823. The molecule has 7 nitrogen and oxygen atoms in total. The van der Waals surface area contributed by atoms with Crippen molar-refractivity contribution in [1.29, 1.82) is 0 Å². The van der Waals surface area contributed by atoms with Crippen LogP contribution < -0.4 is 10.6 Å². The standard InChI is InChI=1S/C14H11F4N5O2/c15-7-1-4-9(10(5-7)23(24)25)20-12-6-11(14(16,17)18)21-13(22-12)19-8-2-3-8/h1,4-6,8H,2-3H2,(H2,19,20,21,22). The summed E-state index contributed by atoms with van der Waals surface area (Å²) in [4.78, 5) is 17.5. The first-order valence-electron chi connectivity index (χ1n) is 7.16. The van der Waals surface area contributed by atoms with Gasteiger partial charge in [0.05, 0.1) is 11.0 Å². The zero-order chi connectivity index (χ0) is 18.2. The van der Waals surface area contributed by atoms with Gasteiger partial charge in [0.25, 0.3) is 5.69 Å². The van der Waals surface area contributed by atoms with Crippen LogP contribution in [-0.4, -0.2) is 20.9 Å². The fourth-order valence-corrected chi connectivity index (χ4v) is 2.03. The number of hydrogen-bond donors (Lipinski definition) is 2. The number of benzene rings is 1. The third kappa shape index (κ3) is 4.11. The van der Waals surface area contributed by atoms with E-state index < -0.39 is 28.3 Å². The first-order valence-corrected chi connectivity index (χ1v) is 7.16. The summed E-state index contributed by atoms with van der Waals surface area (Å²) in [6.07, 6.45) is -3.12. The molecule has 1 saturated carbocycles. The number of alkyl halides is 3. The van der Waals surface area contributed by atoms with Gasteiger partial charge in [0.1, 0.15) is 17.3 Å². The molecule has 1 aliphatic carbocycles. The lowest BCUT2D eigenvalue weighted by Crippen LogP contribution is -2.14. The summed E-state index contributed by atoms with van der Waals surface area (Å²) >= 11 is 0. The van der Waals surface area contributed by atoms with E-state index in [1.807, 2.05) is 0 Å². The van der Waals surface area contributed by atoms with Crippen LogP contribution in [0.25, 0.3) is 0 Å². The molecule has 0 saturated heterocycles. The van der Waals surface area contributed by atoms with Gasteiger partial charge in [-0.05, 0) is 25.0 Å². The molecule has 2 aromatic rings. The molecule has 25 heavy (non-hydrogen) atoms. The molecular formula is C14H11F4N5O2. The molecule has 1 heterocycles. The largest absolute Gasteiger partial charge is 0.433 e. The van der Waals surface area contributed by atoms with Crippen molar-refractivity contribution in [3.8, 4) is 0 Å². The number of nitrogens with one attached hydrogen (secondary N) is 2. The quantitative estimate of drug-likeness (QED) is 0.479. The minimum Gasteiger partial charge on any atom is -0.351 e. The Morgan fingerprint density at radius 3 is 2.52 bits per heavy atom. The second-order valence-corrected chi connectivity index (χ2v) is 5.42. The average molecular weight is 357 g/mol. The van der Waals surface area contributed by atoms with Gasteiger partial charge < -0.3 is 10.6 Å². The second kappa shape index (κ2) is 6.15. The molecule has 0 atom stereocenters. The van der Waals surface area contributed by atoms with Crippen LogP contribution in [0.2, 0.25) is 0 Å². The number of hydrogen-bond acceptors (Lipinski definition) is 6. The molecule has 0 aliphatic heterocycles. The molecule has 1 aromatic heterocycles. The van der Waals surface area contributed by atoms with Gasteiger partial charge in [0.2, 0.25) is 5.95 Å². The van der Waals surface area contributed by atoms with Crippen LogP contribution in [0.1, 0.15) is 18.5 Å². The summed E-state index contributed by atoms with van der Waals surface area (Å²) in [5, 5.41) is 16.2. The summed E-state index contributed by atoms with van der Waals surface area (Å²) < 4.78 is 52.2. The van der Waals surface area contributed by atoms with Gasteiger partial charge in [-0.1, -0.05) is 0 Å². The highest BCUT2D eigenvalue weighted by atomic mass is 19.4. The van der Waals surface area contributed by atoms with Crippen molar-refractivity contribution < 1.29 is 22.5 Å². The molecule has 2 N–H and O–H groups in total. The van der Waals surface area contributed by atoms with Gasteiger partial charge in [-0.2, -0.15) is 18.2 Å². The van der Waals surface area contributed by atoms with E-state index >= 15 is 0 Å². The van der Waals surface area contributed by atoms with Crippen LogP contribution in [0.4, 0.5) is 40.7 Å². The molecule has 1 aromatic carbocycles. The summed E-state index contributed by atoms with van der Waals surface area (Å²) in [6.45, 7) is 0. The third-order valence-corrected chi connectivity index (χ3v) is 3.35. The molecular weight excluding hydrogens is 346 g/mol. The minimum atomic E-state index is -4.71. The predicted octanol–water partition coefficient (Wildman–Crippen LogP) is 3.86. The Labute approximate surface area is 138 Å². The number of nitro groups is 1. The molecule has 0 unspecified atom stereocenters. The number of anilines is 3. The summed E-state index contributed by atoms with van der Waals surface area (Å²) in [5.41, 5.74) is -2.00. The van der Waals surface area contributed by atoms with E-state index in [2.05, 4.69) is 20.6 Å². The third-order valence-electron chi connectivity index (χ3n) is 3.35. The number of rotatable bonds is 5. The maximum Gasteiger partial charge on any atom is 0.433 e. The normalized spacial score (nSPS) is 14.2. The highest BCUT2D eigenvalue weighted by molar-refractivity contribution is 5.68. The van der Waals surface area contributed by atoms with Gasteiger partial charge in [-0.15, -0.1) is 0 Å². The summed E-state index contributed by atoms with van der Waals surface area (Å²) in [5.74, 6) is -1.36. The minimum absolute atomic E-state index is 0.0106. The van der Waals surface area contributed by atoms with Crippen molar-refractivity contribution in [2.75, 3.05) is 10.6 Å². The highest BCUT2D eigenvalue weighted by Gasteiger charge is 2.34. The van der Waals surface area contributed by atoms with Crippen LogP contribution in [0, 0.1) is 15.9 Å². The van der Waals surface area contributed by atoms with Gasteiger partial charge in [-0.3, -0.25) is 10.1 Å². The SMILES string of the molecule is O=[N+]([O-])c1cc(F)ccc1Nc1cc(C(F)(F)F)nc(NC2CC2)n1. The summed E-state index contributed by atoms with van der Waals surface area (Å²) in [7, 11) is 0. The van der Waals surface area contributed by atoms with Crippen LogP contribution >= 0.6 is 0 Å². The summed E-state index contributed by atoms with van der Waals surface area (Å²) in [6, 6.07) is 3.31. The van der Waals surface area contributed by atoms with Crippen LogP contribution in [0.15, 0.2) is 24.3 Å². The molecule has 0 spiro atoms. The number of nitro benzene ring substituents is 1. The Morgan fingerprint density at radius 1 is 1.20 bits per heavy atom. The smallest absolute Gasteiger partial charge is 0.351 e. The fraction of sp³-hybridized carbons (Fsp3) is 0.286. The Hall–Kier alpha value is -2.98. The first-order chi connectivity index (χ1) is 11.7. The topological polar surface area (TPSA) is 93.0 Å². The zero-order valence-corrected chi connectivity index (χ0v) is 12.5. The molecule has 132 valence electrons. The van der Waals surface area contributed by atoms with Crippen LogP contribution in [0.3, 0.4) is 0 Å². The fourth-order valence-electron chi connectivity index (χ4n) is 2.03. The Kier molecular flexibility index (Phi) is 4.15. The van der Waals surface area contributed by atoms with E-state index in [-0.39, 0.29) is 23.5 Å². The van der Waals surface area contributed by atoms with Gasteiger partial charge >= 0.3 is 6.18 Å². The zero-order valence-electron chi connectivity index (χ0n) is 12.5. The van der Waals surface area contributed by atoms with Crippen molar-refractivity contribution in [3.63, 3.8) is 0 Å². The lowest BCUT2D eigenvalue weighted by Gasteiger charge is -2.12. The van der Waals surface area contributed by atoms with Crippen molar-refractivity contribution in [2.45, 2.75) is 25.1 Å². The molecule has 3 rings (SSSR count). The van der Waals surface area contributed by atoms with Gasteiger partial charge in [-0.25, -0.2) is 9.37 Å². The molecule has 0 amide bonds. The molecule has 1 aliphatic rings. The Morgan fingerprint density at radius 2 is 1.92 bits per heavy atom. The van der Waals surface area contributed by atoms with E-state index in [0.717, 1.165) is 25.0 Å². The van der Waals surface area contributed by atoms with Crippen molar-refractivity contribution >= 4 is 23.1 Å². The van der Waals surface area contributed by atoms with E-state index in [1.54, 1.807) is 0 Å². The van der Waals surface area contributed by atoms with Crippen LogP contribution in [-0.2, 0) is 6.18 Å². The number of halogens is 4.